The number of likely N-dealkylation sites (tertiary alicyclic amines) is 1. The third-order valence-electron chi connectivity index (χ3n) is 12.1. The number of fused-ring (bicyclic) bond motifs is 1. The predicted molar refractivity (Wildman–Crippen MR) is 199 cm³/mol. The smallest absolute Gasteiger partial charge is 0.416 e. The zero-order valence-corrected chi connectivity index (χ0v) is 32.0. The van der Waals surface area contributed by atoms with E-state index in [1.54, 1.807) is 6.07 Å². The van der Waals surface area contributed by atoms with Crippen LogP contribution in [0.2, 0.25) is 0 Å². The van der Waals surface area contributed by atoms with Gasteiger partial charge >= 0.3 is 12.3 Å². The Balaban J connectivity index is 1.06. The van der Waals surface area contributed by atoms with Gasteiger partial charge in [0, 0.05) is 56.7 Å². The number of aryl methyl sites for hydroxylation is 1. The molecule has 2 aliphatic carbocycles. The Bertz CT molecular complexity index is 2020. The lowest BCUT2D eigenvalue weighted by atomic mass is 9.79. The molecule has 2 N–H and O–H groups in total. The van der Waals surface area contributed by atoms with Crippen LogP contribution < -0.4 is 15.4 Å². The summed E-state index contributed by atoms with van der Waals surface area (Å²) in [4.78, 5) is 56.7. The van der Waals surface area contributed by atoms with Gasteiger partial charge in [0.25, 0.3) is 5.91 Å². The minimum absolute atomic E-state index is 0.0290. The van der Waals surface area contributed by atoms with Gasteiger partial charge in [-0.05, 0) is 68.1 Å². The fraction of sp³-hybridized carbons (Fsp3) is 0.537. The van der Waals surface area contributed by atoms with Crippen molar-refractivity contribution in [2.45, 2.75) is 95.0 Å². The number of aromatic nitrogens is 2. The molecular formula is C41H46F4N6O7. The molecular weight excluding hydrogens is 764 g/mol. The maximum atomic E-state index is 16.3. The molecule has 3 aromatic rings. The normalized spacial score (nSPS) is 22.3. The monoisotopic (exact) mass is 810 g/mol. The molecule has 5 aliphatic rings. The SMILES string of the molecule is CCn1nccc1C(=O)N[C@H](C(=O)Nc1cc2c(cc1F)C(N1CC(C(F)(F)F)OCC1=O)CC1(CCN(C(=O)OCc3ccccc3)CC1)O2)C(C1CC1)C1CC1. The summed E-state index contributed by atoms with van der Waals surface area (Å²) in [6.07, 6.45) is -1.88. The van der Waals surface area contributed by atoms with Gasteiger partial charge in [-0.15, -0.1) is 0 Å². The number of amides is 4. The van der Waals surface area contributed by atoms with Crippen LogP contribution in [-0.4, -0.2) is 93.6 Å². The van der Waals surface area contributed by atoms with Gasteiger partial charge in [0.2, 0.25) is 11.8 Å². The Labute approximate surface area is 332 Å². The fourth-order valence-electron chi connectivity index (χ4n) is 8.76. The van der Waals surface area contributed by atoms with Crippen LogP contribution in [0.3, 0.4) is 0 Å². The molecule has 0 radical (unpaired) electrons. The van der Waals surface area contributed by atoms with Crippen molar-refractivity contribution in [3.05, 3.63) is 77.4 Å². The summed E-state index contributed by atoms with van der Waals surface area (Å²) in [6.45, 7) is 1.11. The quantitative estimate of drug-likeness (QED) is 0.225. The molecule has 3 atom stereocenters. The number of carbonyl (C=O) groups is 4. The molecule has 0 bridgehead atoms. The van der Waals surface area contributed by atoms with Gasteiger partial charge in [-0.2, -0.15) is 18.3 Å². The van der Waals surface area contributed by atoms with Crippen molar-refractivity contribution in [3.63, 3.8) is 0 Å². The van der Waals surface area contributed by atoms with E-state index in [1.807, 2.05) is 37.3 Å². The van der Waals surface area contributed by atoms with Crippen LogP contribution in [-0.2, 0) is 32.2 Å². The van der Waals surface area contributed by atoms with Crippen LogP contribution in [0.4, 0.5) is 28.0 Å². The molecule has 2 unspecified atom stereocenters. The molecule has 3 aliphatic heterocycles. The highest BCUT2D eigenvalue weighted by molar-refractivity contribution is 6.01. The largest absolute Gasteiger partial charge is 0.487 e. The Kier molecular flexibility index (Phi) is 10.8. The standard InChI is InChI=1S/C41H46F4N6O7/c1-2-51-30(12-15-46-51)37(53)48-36(35(25-8-9-25)26-10-11-26)38(54)47-29-19-32-27(18-28(29)42)31(50-21-33(41(43,44)45)56-23-34(50)52)20-40(58-32)13-16-49(17-14-40)39(55)57-22-24-6-4-3-5-7-24/h3-7,12,15,18-19,25-26,31,33,35-36H,2,8-11,13-14,16-17,20-23H2,1H3,(H,47,54)(H,48,53)/t31?,33?,36-/m0/s1. The van der Waals surface area contributed by atoms with E-state index >= 15 is 4.39 Å². The molecule has 4 amide bonds. The van der Waals surface area contributed by atoms with Crippen molar-refractivity contribution in [1.82, 2.24) is 24.9 Å². The van der Waals surface area contributed by atoms with Gasteiger partial charge < -0.3 is 34.6 Å². The van der Waals surface area contributed by atoms with Crippen molar-refractivity contribution < 1.29 is 51.0 Å². The lowest BCUT2D eigenvalue weighted by molar-refractivity contribution is -0.238. The van der Waals surface area contributed by atoms with Crippen LogP contribution >= 0.6 is 0 Å². The maximum absolute atomic E-state index is 16.3. The number of rotatable bonds is 11. The zero-order chi connectivity index (χ0) is 40.8. The average Bonchev–Trinajstić information content (AvgIpc) is 4.16. The number of benzene rings is 2. The second kappa shape index (κ2) is 15.9. The summed E-state index contributed by atoms with van der Waals surface area (Å²) in [5.41, 5.74) is -0.0628. The molecule has 13 nitrogen and oxygen atoms in total. The molecule has 1 spiro atoms. The molecule has 4 fully saturated rings. The van der Waals surface area contributed by atoms with Crippen LogP contribution in [0, 0.1) is 23.6 Å². The third kappa shape index (κ3) is 8.36. The van der Waals surface area contributed by atoms with E-state index < -0.39 is 72.7 Å². The number of alkyl halides is 3. The van der Waals surface area contributed by atoms with Crippen molar-refractivity contribution >= 4 is 29.5 Å². The van der Waals surface area contributed by atoms with Gasteiger partial charge in [0.15, 0.2) is 6.10 Å². The molecule has 8 rings (SSSR count). The number of anilines is 1. The molecule has 2 saturated carbocycles. The maximum Gasteiger partial charge on any atom is 0.416 e. The molecule has 310 valence electrons. The van der Waals surface area contributed by atoms with E-state index in [1.165, 1.54) is 21.8 Å². The zero-order valence-electron chi connectivity index (χ0n) is 32.0. The van der Waals surface area contributed by atoms with E-state index in [4.69, 9.17) is 14.2 Å². The highest BCUT2D eigenvalue weighted by Gasteiger charge is 2.52. The highest BCUT2D eigenvalue weighted by atomic mass is 19.4. The van der Waals surface area contributed by atoms with Gasteiger partial charge in [-0.25, -0.2) is 9.18 Å². The van der Waals surface area contributed by atoms with Crippen LogP contribution in [0.1, 0.15) is 79.5 Å². The van der Waals surface area contributed by atoms with E-state index in [0.717, 1.165) is 42.2 Å². The second-order valence-corrected chi connectivity index (χ2v) is 16.0. The second-order valence-electron chi connectivity index (χ2n) is 16.0. The summed E-state index contributed by atoms with van der Waals surface area (Å²) >= 11 is 0. The van der Waals surface area contributed by atoms with Crippen molar-refractivity contribution in [2.75, 3.05) is 31.6 Å². The number of carbonyl (C=O) groups excluding carboxylic acids is 4. The van der Waals surface area contributed by atoms with Gasteiger partial charge in [-0.3, -0.25) is 19.1 Å². The van der Waals surface area contributed by atoms with Crippen LogP contribution in [0.15, 0.2) is 54.7 Å². The first kappa shape index (κ1) is 39.6. The van der Waals surface area contributed by atoms with E-state index in [9.17, 15) is 32.3 Å². The third-order valence-corrected chi connectivity index (χ3v) is 12.1. The first-order chi connectivity index (χ1) is 27.8. The number of ether oxygens (including phenoxy) is 3. The topological polar surface area (TPSA) is 144 Å². The first-order valence-corrected chi connectivity index (χ1v) is 19.9. The van der Waals surface area contributed by atoms with Crippen molar-refractivity contribution in [1.29, 1.82) is 0 Å². The minimum Gasteiger partial charge on any atom is -0.487 e. The van der Waals surface area contributed by atoms with Gasteiger partial charge in [-0.1, -0.05) is 30.3 Å². The van der Waals surface area contributed by atoms with Crippen molar-refractivity contribution in [3.8, 4) is 5.75 Å². The van der Waals surface area contributed by atoms with Gasteiger partial charge in [0.05, 0.1) is 18.3 Å². The Morgan fingerprint density at radius 3 is 2.40 bits per heavy atom. The van der Waals surface area contributed by atoms with Crippen LogP contribution in [0.25, 0.3) is 0 Å². The summed E-state index contributed by atoms with van der Waals surface area (Å²) in [6, 6.07) is 11.1. The molecule has 2 aromatic carbocycles. The molecule has 58 heavy (non-hydrogen) atoms. The van der Waals surface area contributed by atoms with Crippen molar-refractivity contribution in [2.24, 2.45) is 17.8 Å². The minimum atomic E-state index is -4.75. The lowest BCUT2D eigenvalue weighted by Crippen LogP contribution is -2.57. The Morgan fingerprint density at radius 1 is 1.03 bits per heavy atom. The number of halogens is 4. The predicted octanol–water partition coefficient (Wildman–Crippen LogP) is 6.00. The van der Waals surface area contributed by atoms with Gasteiger partial charge in [0.1, 0.15) is 42.1 Å². The van der Waals surface area contributed by atoms with E-state index in [-0.39, 0.29) is 79.4 Å². The number of nitrogens with one attached hydrogen (secondary N) is 2. The number of nitrogens with zero attached hydrogens (tertiary/aromatic N) is 4. The number of hydrogen-bond acceptors (Lipinski definition) is 8. The van der Waals surface area contributed by atoms with E-state index in [0.29, 0.717) is 6.54 Å². The first-order valence-electron chi connectivity index (χ1n) is 19.9. The lowest BCUT2D eigenvalue weighted by Gasteiger charge is -2.50. The Hall–Kier alpha value is -5.19. The summed E-state index contributed by atoms with van der Waals surface area (Å²) < 4.78 is 76.6. The molecule has 17 heteroatoms. The summed E-state index contributed by atoms with van der Waals surface area (Å²) in [7, 11) is 0. The Morgan fingerprint density at radius 2 is 1.74 bits per heavy atom. The van der Waals surface area contributed by atoms with E-state index in [2.05, 4.69) is 15.7 Å². The molecule has 2 saturated heterocycles. The van der Waals surface area contributed by atoms with Crippen LogP contribution in [0.5, 0.6) is 5.75 Å². The highest BCUT2D eigenvalue weighted by Crippen LogP contribution is 2.52. The number of morpholine rings is 1. The number of hydrogen-bond donors (Lipinski definition) is 2. The molecule has 1 aromatic heterocycles. The molecule has 4 heterocycles. The summed E-state index contributed by atoms with van der Waals surface area (Å²) in [5, 5.41) is 9.81. The number of piperidine rings is 1. The average molecular weight is 811 g/mol. The summed E-state index contributed by atoms with van der Waals surface area (Å²) in [5.74, 6) is -2.29. The fourth-order valence-corrected chi connectivity index (χ4v) is 8.76.